The van der Waals surface area contributed by atoms with E-state index in [1.54, 1.807) is 0 Å². The van der Waals surface area contributed by atoms with Crippen molar-refractivity contribution < 1.29 is 26.3 Å². The average Bonchev–Trinajstić information content (AvgIpc) is 1.57. The van der Waals surface area contributed by atoms with Crippen LogP contribution in [0.5, 0.6) is 0 Å². The molecule has 0 N–H and O–H groups in total. The third-order valence-electron chi connectivity index (χ3n) is 0.399. The zero-order valence-corrected chi connectivity index (χ0v) is 5.20. The maximum Gasteiger partial charge on any atom is 0.442 e. The molecular weight excluding hydrogens is 182 g/mol. The summed E-state index contributed by atoms with van der Waals surface area (Å²) >= 11 is -1.08. The van der Waals surface area contributed by atoms with Crippen LogP contribution < -0.4 is 0 Å². The lowest BCUT2D eigenvalue weighted by Gasteiger charge is -2.07. The molecule has 0 unspecified atom stereocenters. The summed E-state index contributed by atoms with van der Waals surface area (Å²) in [6.45, 7) is 0. The molecule has 7 heteroatoms. The van der Waals surface area contributed by atoms with Crippen LogP contribution in [0.2, 0.25) is 0 Å². The van der Waals surface area contributed by atoms with Gasteiger partial charge in [-0.25, -0.2) is 0 Å². The zero-order chi connectivity index (χ0) is 8.41. The van der Waals surface area contributed by atoms with Gasteiger partial charge < -0.3 is 0 Å². The summed E-state index contributed by atoms with van der Waals surface area (Å²) in [7, 11) is 0. The SMILES string of the molecule is FC(F)(F)CSC(F)(F)F. The Bertz CT molecular complexity index is 86.5. The summed E-state index contributed by atoms with van der Waals surface area (Å²) in [5.41, 5.74) is -4.80. The number of hydrogen-bond acceptors (Lipinski definition) is 1. The van der Waals surface area contributed by atoms with Crippen molar-refractivity contribution in [3.8, 4) is 0 Å². The Labute approximate surface area is 56.6 Å². The maximum atomic E-state index is 11.1. The van der Waals surface area contributed by atoms with Crippen molar-refractivity contribution in [1.29, 1.82) is 0 Å². The average molecular weight is 184 g/mol. The van der Waals surface area contributed by atoms with E-state index in [1.807, 2.05) is 0 Å². The fourth-order valence-corrected chi connectivity index (χ4v) is 0.491. The first kappa shape index (κ1) is 9.93. The number of halogens is 6. The lowest BCUT2D eigenvalue weighted by Crippen LogP contribution is -2.15. The van der Waals surface area contributed by atoms with E-state index in [9.17, 15) is 26.3 Å². The second-order valence-corrected chi connectivity index (χ2v) is 2.39. The minimum Gasteiger partial charge on any atom is -0.170 e. The van der Waals surface area contributed by atoms with Crippen LogP contribution in [-0.4, -0.2) is 17.4 Å². The van der Waals surface area contributed by atoms with Gasteiger partial charge in [-0.15, -0.1) is 0 Å². The second-order valence-electron chi connectivity index (χ2n) is 1.35. The fourth-order valence-electron chi connectivity index (χ4n) is 0.164. The Balaban J connectivity index is 3.56. The van der Waals surface area contributed by atoms with Gasteiger partial charge in [-0.3, -0.25) is 0 Å². The van der Waals surface area contributed by atoms with Crippen molar-refractivity contribution in [3.05, 3.63) is 0 Å². The molecular formula is C3H2F6S. The summed E-state index contributed by atoms with van der Waals surface area (Å²) in [6, 6.07) is 0. The summed E-state index contributed by atoms with van der Waals surface area (Å²) in [5.74, 6) is -1.88. The first-order chi connectivity index (χ1) is 4.21. The first-order valence-electron chi connectivity index (χ1n) is 1.98. The quantitative estimate of drug-likeness (QED) is 0.564. The molecule has 0 aromatic heterocycles. The monoisotopic (exact) mass is 184 g/mol. The van der Waals surface area contributed by atoms with Gasteiger partial charge in [0, 0.05) is 0 Å². The third-order valence-corrected chi connectivity index (χ3v) is 1.20. The van der Waals surface area contributed by atoms with Crippen LogP contribution >= 0.6 is 11.8 Å². The Morgan fingerprint density at radius 2 is 1.30 bits per heavy atom. The second kappa shape index (κ2) is 2.89. The van der Waals surface area contributed by atoms with Crippen LogP contribution in [0.25, 0.3) is 0 Å². The lowest BCUT2D eigenvalue weighted by atomic mass is 10.8. The Hall–Kier alpha value is -0.0700. The molecule has 0 saturated heterocycles. The Kier molecular flexibility index (Phi) is 2.87. The number of rotatable bonds is 1. The summed E-state index contributed by atoms with van der Waals surface area (Å²) in [5, 5.41) is 0. The van der Waals surface area contributed by atoms with Gasteiger partial charge in [0.15, 0.2) is 0 Å². The highest BCUT2D eigenvalue weighted by atomic mass is 32.2. The summed E-state index contributed by atoms with van der Waals surface area (Å²) in [4.78, 5) is 0. The molecule has 0 atom stereocenters. The smallest absolute Gasteiger partial charge is 0.170 e. The molecule has 0 amide bonds. The summed E-state index contributed by atoms with van der Waals surface area (Å²) < 4.78 is 66.3. The number of hydrogen-bond donors (Lipinski definition) is 0. The van der Waals surface area contributed by atoms with Gasteiger partial charge in [0.05, 0.1) is 5.75 Å². The zero-order valence-electron chi connectivity index (χ0n) is 4.38. The van der Waals surface area contributed by atoms with Gasteiger partial charge >= 0.3 is 11.7 Å². The highest BCUT2D eigenvalue weighted by molar-refractivity contribution is 8.00. The van der Waals surface area contributed by atoms with E-state index in [0.29, 0.717) is 0 Å². The van der Waals surface area contributed by atoms with Crippen LogP contribution in [0.1, 0.15) is 0 Å². The molecule has 0 aliphatic rings. The highest BCUT2D eigenvalue weighted by Gasteiger charge is 2.37. The van der Waals surface area contributed by atoms with Crippen LogP contribution in [0, 0.1) is 0 Å². The standard InChI is InChI=1S/C3H2F6S/c4-2(5,6)1-10-3(7,8)9/h1H2. The molecule has 0 aliphatic carbocycles. The molecule has 0 aliphatic heterocycles. The predicted octanol–water partition coefficient (Wildman–Crippen LogP) is 2.80. The van der Waals surface area contributed by atoms with Gasteiger partial charge in [-0.2, -0.15) is 26.3 Å². The largest absolute Gasteiger partial charge is 0.442 e. The van der Waals surface area contributed by atoms with Gasteiger partial charge in [-0.05, 0) is 11.8 Å². The van der Waals surface area contributed by atoms with Crippen LogP contribution in [0.15, 0.2) is 0 Å². The molecule has 0 saturated carbocycles. The highest BCUT2D eigenvalue weighted by Crippen LogP contribution is 2.34. The Morgan fingerprint density at radius 3 is 1.40 bits per heavy atom. The van der Waals surface area contributed by atoms with E-state index in [2.05, 4.69) is 0 Å². The van der Waals surface area contributed by atoms with E-state index >= 15 is 0 Å². The van der Waals surface area contributed by atoms with Crippen molar-refractivity contribution in [1.82, 2.24) is 0 Å². The molecule has 0 heterocycles. The van der Waals surface area contributed by atoms with E-state index in [-0.39, 0.29) is 0 Å². The lowest BCUT2D eigenvalue weighted by molar-refractivity contribution is -0.108. The van der Waals surface area contributed by atoms with Crippen molar-refractivity contribution in [2.75, 3.05) is 5.75 Å². The predicted molar refractivity (Wildman–Crippen MR) is 24.6 cm³/mol. The molecule has 10 heavy (non-hydrogen) atoms. The number of thioether (sulfide) groups is 1. The molecule has 0 fully saturated rings. The minimum atomic E-state index is -4.80. The maximum absolute atomic E-state index is 11.1. The minimum absolute atomic E-state index is 1.08. The van der Waals surface area contributed by atoms with Gasteiger partial charge in [0.2, 0.25) is 0 Å². The molecule has 0 bridgehead atoms. The molecule has 0 aromatic rings. The normalized spacial score (nSPS) is 13.8. The van der Waals surface area contributed by atoms with Gasteiger partial charge in [-0.1, -0.05) is 0 Å². The third kappa shape index (κ3) is 7.93. The van der Waals surface area contributed by atoms with Crippen molar-refractivity contribution >= 4 is 11.8 Å². The van der Waals surface area contributed by atoms with Crippen molar-refractivity contribution in [3.63, 3.8) is 0 Å². The fraction of sp³-hybridized carbons (Fsp3) is 1.00. The first-order valence-corrected chi connectivity index (χ1v) is 2.97. The number of alkyl halides is 6. The molecule has 62 valence electrons. The van der Waals surface area contributed by atoms with E-state index < -0.39 is 29.2 Å². The molecule has 0 nitrogen and oxygen atoms in total. The topological polar surface area (TPSA) is 0 Å². The Morgan fingerprint density at radius 1 is 0.900 bits per heavy atom. The van der Waals surface area contributed by atoms with Crippen molar-refractivity contribution in [2.45, 2.75) is 11.7 Å². The summed E-state index contributed by atoms with van der Waals surface area (Å²) in [6.07, 6.45) is -4.75. The van der Waals surface area contributed by atoms with Crippen molar-refractivity contribution in [2.24, 2.45) is 0 Å². The molecule has 0 rings (SSSR count). The van der Waals surface area contributed by atoms with Gasteiger partial charge in [0.1, 0.15) is 0 Å². The van der Waals surface area contributed by atoms with Crippen LogP contribution in [-0.2, 0) is 0 Å². The van der Waals surface area contributed by atoms with Crippen LogP contribution in [0.3, 0.4) is 0 Å². The molecule has 0 radical (unpaired) electrons. The molecule has 0 aromatic carbocycles. The van der Waals surface area contributed by atoms with E-state index in [0.717, 1.165) is 0 Å². The van der Waals surface area contributed by atoms with E-state index in [4.69, 9.17) is 0 Å². The molecule has 0 spiro atoms. The van der Waals surface area contributed by atoms with E-state index in [1.165, 1.54) is 0 Å². The van der Waals surface area contributed by atoms with Gasteiger partial charge in [0.25, 0.3) is 0 Å². The van der Waals surface area contributed by atoms with Crippen LogP contribution in [0.4, 0.5) is 26.3 Å².